The third-order valence-electron chi connectivity index (χ3n) is 6.44. The van der Waals surface area contributed by atoms with E-state index in [1.807, 2.05) is 61.5 Å². The van der Waals surface area contributed by atoms with Crippen LogP contribution in [0.1, 0.15) is 30.7 Å². The summed E-state index contributed by atoms with van der Waals surface area (Å²) in [6, 6.07) is 30.4. The van der Waals surface area contributed by atoms with Crippen LogP contribution < -0.4 is 9.47 Å². The molecule has 0 aliphatic carbocycles. The number of aryl methyl sites for hydroxylation is 1. The number of rotatable bonds is 14. The van der Waals surface area contributed by atoms with Crippen LogP contribution in [0.25, 0.3) is 11.3 Å². The Balaban J connectivity index is 1.31. The zero-order chi connectivity index (χ0) is 27.5. The van der Waals surface area contributed by atoms with E-state index in [1.54, 1.807) is 6.92 Å². The van der Waals surface area contributed by atoms with Gasteiger partial charge in [0.15, 0.2) is 6.10 Å². The molecular formula is C33H37NO5. The van der Waals surface area contributed by atoms with Gasteiger partial charge in [-0.1, -0.05) is 42.5 Å². The van der Waals surface area contributed by atoms with Crippen molar-refractivity contribution in [1.82, 2.24) is 4.57 Å². The first-order valence-electron chi connectivity index (χ1n) is 13.5. The molecule has 39 heavy (non-hydrogen) atoms. The highest BCUT2D eigenvalue weighted by molar-refractivity contribution is 5.75. The van der Waals surface area contributed by atoms with Gasteiger partial charge in [-0.25, -0.2) is 4.79 Å². The van der Waals surface area contributed by atoms with Gasteiger partial charge in [0.2, 0.25) is 0 Å². The van der Waals surface area contributed by atoms with Crippen LogP contribution in [0.15, 0.2) is 91.0 Å². The summed E-state index contributed by atoms with van der Waals surface area (Å²) in [5, 5.41) is 0. The second-order valence-corrected chi connectivity index (χ2v) is 9.20. The third kappa shape index (κ3) is 7.98. The number of carbonyl (C=O) groups excluding carboxylic acids is 1. The van der Waals surface area contributed by atoms with Crippen molar-refractivity contribution in [2.24, 2.45) is 0 Å². The molecule has 1 unspecified atom stereocenters. The maximum Gasteiger partial charge on any atom is 0.335 e. The monoisotopic (exact) mass is 527 g/mol. The van der Waals surface area contributed by atoms with Gasteiger partial charge in [-0.05, 0) is 86.0 Å². The minimum atomic E-state index is -0.596. The van der Waals surface area contributed by atoms with E-state index < -0.39 is 6.10 Å². The Morgan fingerprint density at radius 3 is 2.15 bits per heavy atom. The van der Waals surface area contributed by atoms with Gasteiger partial charge in [-0.2, -0.15) is 0 Å². The molecule has 1 aromatic heterocycles. The zero-order valence-electron chi connectivity index (χ0n) is 23.0. The smallest absolute Gasteiger partial charge is 0.335 e. The number of hydrogen-bond acceptors (Lipinski definition) is 5. The number of nitrogens with zero attached hydrogens (tertiary/aromatic N) is 1. The first-order valence-corrected chi connectivity index (χ1v) is 13.5. The minimum Gasteiger partial charge on any atom is -0.492 e. The van der Waals surface area contributed by atoms with Crippen molar-refractivity contribution >= 4 is 5.97 Å². The summed E-state index contributed by atoms with van der Waals surface area (Å²) in [4.78, 5) is 12.1. The fraction of sp³-hybridized carbons (Fsp3) is 0.303. The lowest BCUT2D eigenvalue weighted by Crippen LogP contribution is -2.28. The molecule has 0 saturated heterocycles. The molecule has 0 aliphatic rings. The Kier molecular flexibility index (Phi) is 10.2. The second kappa shape index (κ2) is 14.2. The fourth-order valence-corrected chi connectivity index (χ4v) is 4.42. The van der Waals surface area contributed by atoms with Crippen molar-refractivity contribution in [2.45, 2.75) is 46.4 Å². The van der Waals surface area contributed by atoms with E-state index in [1.165, 1.54) is 5.69 Å². The van der Waals surface area contributed by atoms with Gasteiger partial charge in [0.25, 0.3) is 0 Å². The van der Waals surface area contributed by atoms with Crippen molar-refractivity contribution in [3.8, 4) is 22.8 Å². The summed E-state index contributed by atoms with van der Waals surface area (Å²) in [6.45, 7) is 8.37. The quantitative estimate of drug-likeness (QED) is 0.172. The van der Waals surface area contributed by atoms with E-state index in [9.17, 15) is 4.79 Å². The van der Waals surface area contributed by atoms with Crippen molar-refractivity contribution in [3.63, 3.8) is 0 Å². The predicted molar refractivity (Wildman–Crippen MR) is 153 cm³/mol. The van der Waals surface area contributed by atoms with Crippen LogP contribution in [-0.2, 0) is 33.8 Å². The zero-order valence-corrected chi connectivity index (χ0v) is 23.0. The van der Waals surface area contributed by atoms with E-state index >= 15 is 0 Å². The normalized spacial score (nSPS) is 11.7. The van der Waals surface area contributed by atoms with E-state index in [4.69, 9.17) is 18.9 Å². The van der Waals surface area contributed by atoms with Crippen molar-refractivity contribution in [2.75, 3.05) is 19.8 Å². The van der Waals surface area contributed by atoms with Crippen LogP contribution in [0.4, 0.5) is 0 Å². The average Bonchev–Trinajstić information content (AvgIpc) is 3.33. The summed E-state index contributed by atoms with van der Waals surface area (Å²) in [7, 11) is 0. The molecule has 4 aromatic rings. The first-order chi connectivity index (χ1) is 19.1. The Bertz CT molecular complexity index is 1300. The number of esters is 1. The van der Waals surface area contributed by atoms with E-state index in [-0.39, 0.29) is 5.97 Å². The highest BCUT2D eigenvalue weighted by Crippen LogP contribution is 2.25. The molecule has 4 rings (SSSR count). The molecule has 0 bridgehead atoms. The van der Waals surface area contributed by atoms with Gasteiger partial charge >= 0.3 is 5.97 Å². The predicted octanol–water partition coefficient (Wildman–Crippen LogP) is 6.63. The van der Waals surface area contributed by atoms with Crippen LogP contribution >= 0.6 is 0 Å². The molecule has 0 fully saturated rings. The van der Waals surface area contributed by atoms with Crippen LogP contribution in [0.5, 0.6) is 11.5 Å². The Labute approximate surface area is 231 Å². The molecule has 1 heterocycles. The van der Waals surface area contributed by atoms with Gasteiger partial charge < -0.3 is 23.5 Å². The molecule has 3 aromatic carbocycles. The fourth-order valence-electron chi connectivity index (χ4n) is 4.42. The molecule has 0 spiro atoms. The maximum absolute atomic E-state index is 12.1. The lowest BCUT2D eigenvalue weighted by molar-refractivity contribution is -0.156. The SMILES string of the molecule is CCOC(=O)C(Cc1ccc(OCCn2c(C)ccc2-c2ccc(OCc3ccccc3)cc2)cc1)OCC. The van der Waals surface area contributed by atoms with Crippen LogP contribution in [0.3, 0.4) is 0 Å². The second-order valence-electron chi connectivity index (χ2n) is 9.20. The molecule has 0 radical (unpaired) electrons. The summed E-state index contributed by atoms with van der Waals surface area (Å²) < 4.78 is 25.0. The lowest BCUT2D eigenvalue weighted by Gasteiger charge is -2.16. The van der Waals surface area contributed by atoms with Crippen LogP contribution in [0.2, 0.25) is 0 Å². The van der Waals surface area contributed by atoms with E-state index in [2.05, 4.69) is 47.9 Å². The molecule has 6 heteroatoms. The Morgan fingerprint density at radius 2 is 1.46 bits per heavy atom. The largest absolute Gasteiger partial charge is 0.492 e. The Morgan fingerprint density at radius 1 is 0.769 bits per heavy atom. The highest BCUT2D eigenvalue weighted by Gasteiger charge is 2.20. The van der Waals surface area contributed by atoms with Gasteiger partial charge in [0.05, 0.1) is 13.2 Å². The molecule has 1 atom stereocenters. The summed E-state index contributed by atoms with van der Waals surface area (Å²) in [5.41, 5.74) is 5.59. The van der Waals surface area contributed by atoms with Gasteiger partial charge in [-0.15, -0.1) is 0 Å². The summed E-state index contributed by atoms with van der Waals surface area (Å²) >= 11 is 0. The molecule has 0 aliphatic heterocycles. The number of carbonyl (C=O) groups is 1. The Hall–Kier alpha value is -4.03. The van der Waals surface area contributed by atoms with Crippen LogP contribution in [-0.4, -0.2) is 36.5 Å². The molecule has 0 amide bonds. The molecule has 204 valence electrons. The number of hydrogen-bond donors (Lipinski definition) is 0. The topological polar surface area (TPSA) is 58.9 Å². The van der Waals surface area contributed by atoms with Crippen LogP contribution in [0, 0.1) is 6.92 Å². The number of benzene rings is 3. The van der Waals surface area contributed by atoms with Crippen molar-refractivity contribution < 1.29 is 23.7 Å². The van der Waals surface area contributed by atoms with Crippen molar-refractivity contribution in [1.29, 1.82) is 0 Å². The molecule has 6 nitrogen and oxygen atoms in total. The minimum absolute atomic E-state index is 0.327. The van der Waals surface area contributed by atoms with Gasteiger partial charge in [0, 0.05) is 24.4 Å². The van der Waals surface area contributed by atoms with Gasteiger partial charge in [0.1, 0.15) is 24.7 Å². The molecule has 0 N–H and O–H groups in total. The number of ether oxygens (including phenoxy) is 4. The third-order valence-corrected chi connectivity index (χ3v) is 6.44. The van der Waals surface area contributed by atoms with E-state index in [0.29, 0.717) is 32.8 Å². The molecular weight excluding hydrogens is 490 g/mol. The summed E-state index contributed by atoms with van der Waals surface area (Å²) in [6.07, 6.45) is -0.129. The standard InChI is InChI=1S/C33H37NO5/c1-4-36-32(33(35)37-5-2)23-26-12-16-29(17-13-26)38-22-21-34-25(3)11-20-31(34)28-14-18-30(19-15-28)39-24-27-9-7-6-8-10-27/h6-20,32H,4-5,21-24H2,1-3H3. The maximum atomic E-state index is 12.1. The summed E-state index contributed by atoms with van der Waals surface area (Å²) in [5.74, 6) is 1.31. The van der Waals surface area contributed by atoms with Crippen molar-refractivity contribution in [3.05, 3.63) is 108 Å². The van der Waals surface area contributed by atoms with Gasteiger partial charge in [-0.3, -0.25) is 0 Å². The molecule has 0 saturated carbocycles. The average molecular weight is 528 g/mol. The lowest BCUT2D eigenvalue weighted by atomic mass is 10.1. The first kappa shape index (κ1) is 28.0. The highest BCUT2D eigenvalue weighted by atomic mass is 16.6. The van der Waals surface area contributed by atoms with E-state index in [0.717, 1.165) is 40.4 Å². The number of aromatic nitrogens is 1.